The number of sulfonamides is 1. The number of anilines is 1. The number of nitrogens with zero attached hydrogens (tertiary/aromatic N) is 2. The minimum atomic E-state index is -3.78. The van der Waals surface area contributed by atoms with Crippen LogP contribution in [0.15, 0.2) is 78.9 Å². The number of carbonyl (C=O) groups is 2. The molecule has 0 bridgehead atoms. The zero-order valence-corrected chi connectivity index (χ0v) is 22.7. The molecular weight excluding hydrogens is 505 g/mol. The summed E-state index contributed by atoms with van der Waals surface area (Å²) >= 11 is 0. The Hall–Kier alpha value is -3.72. The molecule has 3 aromatic carbocycles. The summed E-state index contributed by atoms with van der Waals surface area (Å²) in [6.07, 6.45) is 1.46. The van der Waals surface area contributed by atoms with Crippen molar-refractivity contribution in [2.75, 3.05) is 24.2 Å². The van der Waals surface area contributed by atoms with Crippen molar-refractivity contribution in [3.63, 3.8) is 0 Å². The first kappa shape index (κ1) is 28.8. The Labute approximate surface area is 224 Å². The van der Waals surface area contributed by atoms with Crippen LogP contribution in [0.2, 0.25) is 0 Å². The van der Waals surface area contributed by atoms with E-state index in [1.807, 2.05) is 61.5 Å². The average Bonchev–Trinajstić information content (AvgIpc) is 2.88. The molecule has 2 amide bonds. The number of rotatable bonds is 12. The Bertz CT molecular complexity index is 1350. The van der Waals surface area contributed by atoms with Gasteiger partial charge in [0.2, 0.25) is 21.8 Å². The molecule has 0 fully saturated rings. The molecular formula is C29H34FN3O4S. The second-order valence-electron chi connectivity index (χ2n) is 9.22. The van der Waals surface area contributed by atoms with Gasteiger partial charge in [0.15, 0.2) is 0 Å². The fourth-order valence-corrected chi connectivity index (χ4v) is 5.33. The highest BCUT2D eigenvalue weighted by molar-refractivity contribution is 7.92. The molecule has 1 N–H and O–H groups in total. The average molecular weight is 540 g/mol. The molecule has 0 spiro atoms. The van der Waals surface area contributed by atoms with Crippen molar-refractivity contribution < 1.29 is 22.4 Å². The molecule has 0 unspecified atom stereocenters. The Morgan fingerprint density at radius 1 is 0.947 bits per heavy atom. The van der Waals surface area contributed by atoms with Crippen LogP contribution in [0, 0.1) is 12.7 Å². The summed E-state index contributed by atoms with van der Waals surface area (Å²) in [6.45, 7) is 2.10. The van der Waals surface area contributed by atoms with Crippen molar-refractivity contribution in [2.24, 2.45) is 0 Å². The standard InChI is InChI=1S/C29H34FN3O4S/c1-22-11-9-14-24(19-22)21-32(27(29(35)31-2)20-23-12-5-4-6-13-23)28(34)17-10-18-33(38(3,36)37)26-16-8-7-15-25(26)30/h4-9,11-16,19,27H,10,17-18,20-21H2,1-3H3,(H,31,35)/t27-/m0/s1. The normalized spacial score (nSPS) is 12.0. The second-order valence-corrected chi connectivity index (χ2v) is 11.1. The molecule has 202 valence electrons. The van der Waals surface area contributed by atoms with Gasteiger partial charge in [0.25, 0.3) is 0 Å². The molecule has 0 aliphatic heterocycles. The number of hydrogen-bond acceptors (Lipinski definition) is 4. The van der Waals surface area contributed by atoms with E-state index < -0.39 is 21.9 Å². The van der Waals surface area contributed by atoms with Gasteiger partial charge in [-0.25, -0.2) is 12.8 Å². The van der Waals surface area contributed by atoms with E-state index in [-0.39, 0.29) is 43.4 Å². The largest absolute Gasteiger partial charge is 0.357 e. The van der Waals surface area contributed by atoms with Crippen LogP contribution >= 0.6 is 0 Å². The van der Waals surface area contributed by atoms with Crippen molar-refractivity contribution in [1.29, 1.82) is 0 Å². The Morgan fingerprint density at radius 3 is 2.24 bits per heavy atom. The van der Waals surface area contributed by atoms with E-state index in [1.54, 1.807) is 11.0 Å². The summed E-state index contributed by atoms with van der Waals surface area (Å²) in [5.74, 6) is -1.25. The topological polar surface area (TPSA) is 86.8 Å². The van der Waals surface area contributed by atoms with Crippen molar-refractivity contribution in [1.82, 2.24) is 10.2 Å². The quantitative estimate of drug-likeness (QED) is 0.376. The summed E-state index contributed by atoms with van der Waals surface area (Å²) in [7, 11) is -2.25. The van der Waals surface area contributed by atoms with Crippen LogP contribution in [0.4, 0.5) is 10.1 Å². The number of para-hydroxylation sites is 1. The van der Waals surface area contributed by atoms with Crippen molar-refractivity contribution in [3.05, 3.63) is 101 Å². The molecule has 38 heavy (non-hydrogen) atoms. The third kappa shape index (κ3) is 7.89. The second kappa shape index (κ2) is 13.2. The van der Waals surface area contributed by atoms with Gasteiger partial charge in [0, 0.05) is 33.0 Å². The lowest BCUT2D eigenvalue weighted by atomic mass is 10.0. The van der Waals surface area contributed by atoms with Crippen LogP contribution < -0.4 is 9.62 Å². The van der Waals surface area contributed by atoms with Crippen LogP contribution in [0.5, 0.6) is 0 Å². The van der Waals surface area contributed by atoms with Gasteiger partial charge < -0.3 is 10.2 Å². The first-order valence-electron chi connectivity index (χ1n) is 12.4. The van der Waals surface area contributed by atoms with E-state index in [2.05, 4.69) is 5.32 Å². The van der Waals surface area contributed by atoms with E-state index >= 15 is 0 Å². The number of likely N-dealkylation sites (N-methyl/N-ethyl adjacent to an activating group) is 1. The lowest BCUT2D eigenvalue weighted by molar-refractivity contribution is -0.141. The Morgan fingerprint density at radius 2 is 1.61 bits per heavy atom. The van der Waals surface area contributed by atoms with Gasteiger partial charge in [-0.05, 0) is 36.6 Å². The summed E-state index contributed by atoms with van der Waals surface area (Å²) < 4.78 is 40.2. The SMILES string of the molecule is CNC(=O)[C@H](Cc1ccccc1)N(Cc1cccc(C)c1)C(=O)CCCN(c1ccccc1F)S(C)(=O)=O. The van der Waals surface area contributed by atoms with Crippen LogP contribution in [-0.4, -0.2) is 51.0 Å². The predicted octanol–water partition coefficient (Wildman–Crippen LogP) is 4.07. The van der Waals surface area contributed by atoms with E-state index in [0.717, 1.165) is 27.3 Å². The van der Waals surface area contributed by atoms with Gasteiger partial charge >= 0.3 is 0 Å². The van der Waals surface area contributed by atoms with Gasteiger partial charge in [-0.2, -0.15) is 0 Å². The van der Waals surface area contributed by atoms with Gasteiger partial charge in [0.1, 0.15) is 11.9 Å². The van der Waals surface area contributed by atoms with E-state index in [1.165, 1.54) is 25.2 Å². The third-order valence-electron chi connectivity index (χ3n) is 6.23. The van der Waals surface area contributed by atoms with Gasteiger partial charge in [-0.15, -0.1) is 0 Å². The first-order valence-corrected chi connectivity index (χ1v) is 14.3. The smallest absolute Gasteiger partial charge is 0.242 e. The van der Waals surface area contributed by atoms with Crippen LogP contribution in [0.1, 0.15) is 29.5 Å². The Kier molecular flexibility index (Phi) is 10.0. The van der Waals surface area contributed by atoms with Crippen LogP contribution in [0.25, 0.3) is 0 Å². The summed E-state index contributed by atoms with van der Waals surface area (Å²) in [4.78, 5) is 28.2. The highest BCUT2D eigenvalue weighted by Crippen LogP contribution is 2.23. The summed E-state index contributed by atoms with van der Waals surface area (Å²) in [5.41, 5.74) is 2.75. The zero-order valence-electron chi connectivity index (χ0n) is 21.9. The molecule has 9 heteroatoms. The molecule has 0 aliphatic rings. The maximum atomic E-state index is 14.4. The zero-order chi connectivity index (χ0) is 27.7. The number of amides is 2. The lowest BCUT2D eigenvalue weighted by Gasteiger charge is -2.31. The van der Waals surface area contributed by atoms with Crippen LogP contribution in [-0.2, 0) is 32.6 Å². The molecule has 0 heterocycles. The molecule has 0 aliphatic carbocycles. The first-order chi connectivity index (χ1) is 18.1. The predicted molar refractivity (Wildman–Crippen MR) is 148 cm³/mol. The van der Waals surface area contributed by atoms with Crippen molar-refractivity contribution in [3.8, 4) is 0 Å². The summed E-state index contributed by atoms with van der Waals surface area (Å²) in [5, 5.41) is 2.68. The molecule has 0 saturated heterocycles. The molecule has 3 aromatic rings. The number of hydrogen-bond donors (Lipinski definition) is 1. The number of carbonyl (C=O) groups excluding carboxylic acids is 2. The van der Waals surface area contributed by atoms with Crippen LogP contribution in [0.3, 0.4) is 0 Å². The van der Waals surface area contributed by atoms with E-state index in [0.29, 0.717) is 6.42 Å². The maximum Gasteiger partial charge on any atom is 0.242 e. The highest BCUT2D eigenvalue weighted by atomic mass is 32.2. The number of aryl methyl sites for hydroxylation is 1. The fourth-order valence-electron chi connectivity index (χ4n) is 4.36. The minimum absolute atomic E-state index is 0.0193. The molecule has 7 nitrogen and oxygen atoms in total. The fraction of sp³-hybridized carbons (Fsp3) is 0.310. The van der Waals surface area contributed by atoms with E-state index in [4.69, 9.17) is 0 Å². The molecule has 0 saturated carbocycles. The van der Waals surface area contributed by atoms with Gasteiger partial charge in [-0.1, -0.05) is 72.3 Å². The minimum Gasteiger partial charge on any atom is -0.357 e. The third-order valence-corrected chi connectivity index (χ3v) is 7.41. The van der Waals surface area contributed by atoms with E-state index in [9.17, 15) is 22.4 Å². The molecule has 0 aromatic heterocycles. The van der Waals surface area contributed by atoms with Gasteiger partial charge in [-0.3, -0.25) is 13.9 Å². The highest BCUT2D eigenvalue weighted by Gasteiger charge is 2.30. The summed E-state index contributed by atoms with van der Waals surface area (Å²) in [6, 6.07) is 22.0. The Balaban J connectivity index is 1.85. The maximum absolute atomic E-state index is 14.4. The van der Waals surface area contributed by atoms with Gasteiger partial charge in [0.05, 0.1) is 11.9 Å². The molecule has 0 radical (unpaired) electrons. The van der Waals surface area contributed by atoms with Crippen molar-refractivity contribution >= 4 is 27.5 Å². The number of benzene rings is 3. The van der Waals surface area contributed by atoms with Crippen molar-refractivity contribution in [2.45, 2.75) is 38.8 Å². The monoisotopic (exact) mass is 539 g/mol. The number of nitrogens with one attached hydrogen (secondary N) is 1. The lowest BCUT2D eigenvalue weighted by Crippen LogP contribution is -2.49. The number of halogens is 1. The molecule has 1 atom stereocenters. The molecule has 3 rings (SSSR count).